The molecule has 1 heterocycles. The molecule has 0 fully saturated rings. The van der Waals surface area contributed by atoms with Gasteiger partial charge in [0.2, 0.25) is 11.7 Å². The molecule has 0 spiro atoms. The zero-order valence-corrected chi connectivity index (χ0v) is 18.3. The fraction of sp³-hybridized carbons (Fsp3) is 0.182. The van der Waals surface area contributed by atoms with Gasteiger partial charge in [0, 0.05) is 23.3 Å². The molecular weight excluding hydrogens is 479 g/mol. The first-order valence-corrected chi connectivity index (χ1v) is 10.1. The molecule has 34 heavy (non-hydrogen) atoms. The van der Waals surface area contributed by atoms with Gasteiger partial charge in [0.25, 0.3) is 5.91 Å². The Hall–Kier alpha value is -3.86. The fourth-order valence-electron chi connectivity index (χ4n) is 2.72. The summed E-state index contributed by atoms with van der Waals surface area (Å²) in [5.74, 6) is -6.50. The number of nitrogens with zero attached hydrogens (tertiary/aromatic N) is 1. The van der Waals surface area contributed by atoms with Crippen molar-refractivity contribution in [1.82, 2.24) is 15.8 Å². The smallest absolute Gasteiger partial charge is 0.273 e. The Labute approximate surface area is 196 Å². The van der Waals surface area contributed by atoms with Crippen LogP contribution in [0.25, 0.3) is 11.3 Å². The van der Waals surface area contributed by atoms with Crippen LogP contribution in [0.3, 0.4) is 0 Å². The van der Waals surface area contributed by atoms with E-state index in [4.69, 9.17) is 20.9 Å². The van der Waals surface area contributed by atoms with Crippen molar-refractivity contribution in [3.63, 3.8) is 0 Å². The van der Waals surface area contributed by atoms with E-state index in [1.165, 1.54) is 6.07 Å². The molecule has 0 aliphatic rings. The standard InChI is InChI=1S/C22H17ClF3N3O5/c1-11-15(24)6-16(25)20(26)21(11)33-10-12(30)8-27-19(31)9-28-22(32)17-7-18(34-29-17)13-4-2-3-5-14(13)23/h2-7H,8-10H2,1H3,(H,27,31)(H,28,32). The van der Waals surface area contributed by atoms with Crippen LogP contribution in [-0.4, -0.2) is 42.5 Å². The normalized spacial score (nSPS) is 10.6. The maximum Gasteiger partial charge on any atom is 0.273 e. The average molecular weight is 496 g/mol. The molecule has 0 unspecified atom stereocenters. The molecule has 0 radical (unpaired) electrons. The van der Waals surface area contributed by atoms with Gasteiger partial charge in [-0.15, -0.1) is 0 Å². The first kappa shape index (κ1) is 24.8. The third-order valence-corrected chi connectivity index (χ3v) is 4.84. The minimum atomic E-state index is -1.46. The van der Waals surface area contributed by atoms with Gasteiger partial charge in [-0.2, -0.15) is 4.39 Å². The molecular formula is C22H17ClF3N3O5. The van der Waals surface area contributed by atoms with Gasteiger partial charge in [-0.3, -0.25) is 14.4 Å². The Bertz CT molecular complexity index is 1220. The zero-order valence-electron chi connectivity index (χ0n) is 17.6. The van der Waals surface area contributed by atoms with Gasteiger partial charge >= 0.3 is 0 Å². The van der Waals surface area contributed by atoms with Crippen LogP contribution in [0.5, 0.6) is 5.75 Å². The highest BCUT2D eigenvalue weighted by Gasteiger charge is 2.19. The summed E-state index contributed by atoms with van der Waals surface area (Å²) >= 11 is 6.07. The van der Waals surface area contributed by atoms with E-state index in [1.54, 1.807) is 24.3 Å². The predicted octanol–water partition coefficient (Wildman–Crippen LogP) is 3.21. The maximum absolute atomic E-state index is 13.7. The second-order valence-electron chi connectivity index (χ2n) is 6.95. The number of carbonyl (C=O) groups excluding carboxylic acids is 3. The number of ketones is 1. The molecule has 0 aliphatic heterocycles. The lowest BCUT2D eigenvalue weighted by molar-refractivity contribution is -0.125. The number of rotatable bonds is 9. The summed E-state index contributed by atoms with van der Waals surface area (Å²) in [6.45, 7) is -0.580. The predicted molar refractivity (Wildman–Crippen MR) is 114 cm³/mol. The summed E-state index contributed by atoms with van der Waals surface area (Å²) in [6.07, 6.45) is 0. The molecule has 3 aromatic rings. The average Bonchev–Trinajstić information content (AvgIpc) is 3.30. The number of Topliss-reactive ketones (excluding diaryl/α,β-unsaturated/α-hetero) is 1. The fourth-order valence-corrected chi connectivity index (χ4v) is 2.95. The summed E-state index contributed by atoms with van der Waals surface area (Å²) in [6, 6.07) is 8.50. The van der Waals surface area contributed by atoms with Crippen molar-refractivity contribution < 1.29 is 36.8 Å². The van der Waals surface area contributed by atoms with Crippen molar-refractivity contribution in [2.45, 2.75) is 6.92 Å². The maximum atomic E-state index is 13.7. The van der Waals surface area contributed by atoms with Crippen LogP contribution in [0.1, 0.15) is 16.1 Å². The molecule has 12 heteroatoms. The lowest BCUT2D eigenvalue weighted by atomic mass is 10.1. The molecule has 2 amide bonds. The molecule has 0 bridgehead atoms. The Morgan fingerprint density at radius 1 is 1.06 bits per heavy atom. The highest BCUT2D eigenvalue weighted by Crippen LogP contribution is 2.28. The molecule has 1 aromatic heterocycles. The Morgan fingerprint density at radius 3 is 2.53 bits per heavy atom. The Morgan fingerprint density at radius 2 is 1.79 bits per heavy atom. The van der Waals surface area contributed by atoms with Crippen LogP contribution in [0, 0.1) is 24.4 Å². The second-order valence-corrected chi connectivity index (χ2v) is 7.36. The summed E-state index contributed by atoms with van der Waals surface area (Å²) in [7, 11) is 0. The summed E-state index contributed by atoms with van der Waals surface area (Å²) in [4.78, 5) is 35.9. The van der Waals surface area contributed by atoms with E-state index in [0.717, 1.165) is 6.92 Å². The van der Waals surface area contributed by atoms with Crippen molar-refractivity contribution >= 4 is 29.2 Å². The van der Waals surface area contributed by atoms with Gasteiger partial charge in [-0.05, 0) is 19.1 Å². The van der Waals surface area contributed by atoms with Gasteiger partial charge in [0.1, 0.15) is 12.4 Å². The van der Waals surface area contributed by atoms with Crippen molar-refractivity contribution in [2.75, 3.05) is 19.7 Å². The topological polar surface area (TPSA) is 111 Å². The van der Waals surface area contributed by atoms with E-state index in [9.17, 15) is 27.6 Å². The molecule has 8 nitrogen and oxygen atoms in total. The minimum Gasteiger partial charge on any atom is -0.482 e. The van der Waals surface area contributed by atoms with Crippen molar-refractivity contribution in [3.05, 3.63) is 70.1 Å². The quantitative estimate of drug-likeness (QED) is 0.441. The number of aromatic nitrogens is 1. The monoisotopic (exact) mass is 495 g/mol. The molecule has 0 saturated heterocycles. The highest BCUT2D eigenvalue weighted by molar-refractivity contribution is 6.33. The molecule has 2 aromatic carbocycles. The van der Waals surface area contributed by atoms with E-state index in [0.29, 0.717) is 16.7 Å². The van der Waals surface area contributed by atoms with Crippen molar-refractivity contribution in [1.29, 1.82) is 0 Å². The van der Waals surface area contributed by atoms with E-state index < -0.39 is 60.5 Å². The number of carbonyl (C=O) groups is 3. The Kier molecular flexibility index (Phi) is 7.90. The van der Waals surface area contributed by atoms with Crippen LogP contribution in [0.2, 0.25) is 5.02 Å². The van der Waals surface area contributed by atoms with Gasteiger partial charge in [0.05, 0.1) is 18.1 Å². The van der Waals surface area contributed by atoms with Gasteiger partial charge in [-0.1, -0.05) is 28.9 Å². The van der Waals surface area contributed by atoms with Crippen molar-refractivity contribution in [3.8, 4) is 17.1 Å². The molecule has 0 atom stereocenters. The third kappa shape index (κ3) is 5.93. The Balaban J connectivity index is 1.45. The molecule has 0 aliphatic carbocycles. The van der Waals surface area contributed by atoms with Crippen LogP contribution < -0.4 is 15.4 Å². The van der Waals surface area contributed by atoms with Gasteiger partial charge < -0.3 is 19.9 Å². The van der Waals surface area contributed by atoms with E-state index in [2.05, 4.69) is 15.8 Å². The van der Waals surface area contributed by atoms with Crippen LogP contribution in [0.4, 0.5) is 13.2 Å². The van der Waals surface area contributed by atoms with E-state index in [1.807, 2.05) is 0 Å². The largest absolute Gasteiger partial charge is 0.482 e. The molecule has 2 N–H and O–H groups in total. The van der Waals surface area contributed by atoms with Crippen LogP contribution in [-0.2, 0) is 9.59 Å². The van der Waals surface area contributed by atoms with Crippen molar-refractivity contribution in [2.24, 2.45) is 0 Å². The highest BCUT2D eigenvalue weighted by atomic mass is 35.5. The van der Waals surface area contributed by atoms with Crippen LogP contribution in [0.15, 0.2) is 40.9 Å². The number of nitrogens with one attached hydrogen (secondary N) is 2. The van der Waals surface area contributed by atoms with Crippen LogP contribution >= 0.6 is 11.6 Å². The minimum absolute atomic E-state index is 0.0908. The molecule has 0 saturated carbocycles. The summed E-state index contributed by atoms with van der Waals surface area (Å²) in [5, 5.41) is 8.57. The van der Waals surface area contributed by atoms with E-state index in [-0.39, 0.29) is 17.0 Å². The SMILES string of the molecule is Cc1c(F)cc(F)c(F)c1OCC(=O)CNC(=O)CNC(=O)c1cc(-c2ccccc2Cl)on1. The molecule has 178 valence electrons. The number of hydrogen-bond acceptors (Lipinski definition) is 6. The van der Waals surface area contributed by atoms with Gasteiger partial charge in [-0.25, -0.2) is 8.78 Å². The number of benzene rings is 2. The first-order chi connectivity index (χ1) is 16.2. The first-order valence-electron chi connectivity index (χ1n) is 9.72. The number of hydrogen-bond donors (Lipinski definition) is 2. The summed E-state index contributed by atoms with van der Waals surface area (Å²) < 4.78 is 50.5. The summed E-state index contributed by atoms with van der Waals surface area (Å²) in [5.41, 5.74) is 0.140. The van der Waals surface area contributed by atoms with Gasteiger partial charge in [0.15, 0.2) is 28.8 Å². The lowest BCUT2D eigenvalue weighted by Gasteiger charge is -2.11. The number of amides is 2. The molecule has 3 rings (SSSR count). The number of halogens is 4. The third-order valence-electron chi connectivity index (χ3n) is 4.51. The number of ether oxygens (including phenoxy) is 1. The lowest BCUT2D eigenvalue weighted by Crippen LogP contribution is -2.40. The van der Waals surface area contributed by atoms with E-state index >= 15 is 0 Å². The second kappa shape index (κ2) is 10.8. The zero-order chi connectivity index (χ0) is 24.8.